The largest absolute Gasteiger partial charge is 0.404 e. The van der Waals surface area contributed by atoms with E-state index in [1.165, 1.54) is 24.3 Å². The average molecular weight is 477 g/mol. The molecule has 4 rings (SSSR count). The molecule has 0 aliphatic heterocycles. The van der Waals surface area contributed by atoms with Crippen LogP contribution in [-0.4, -0.2) is 30.2 Å². The van der Waals surface area contributed by atoms with Crippen LogP contribution in [0, 0.1) is 24.2 Å². The summed E-state index contributed by atoms with van der Waals surface area (Å²) >= 11 is 0. The molecular formula is C23H23F3N4O2S. The maximum Gasteiger partial charge on any atom is 0.404 e. The zero-order chi connectivity index (χ0) is 24.0. The molecule has 0 bridgehead atoms. The maximum absolute atomic E-state index is 12.8. The summed E-state index contributed by atoms with van der Waals surface area (Å²) in [4.78, 5) is 4.28. The number of nitrogens with one attached hydrogen (secondary N) is 1. The molecule has 0 spiro atoms. The van der Waals surface area contributed by atoms with Gasteiger partial charge in [0.25, 0.3) is 0 Å². The molecule has 0 amide bonds. The topological polar surface area (TPSA) is 87.8 Å². The number of aryl methyl sites for hydroxylation is 1. The van der Waals surface area contributed by atoms with E-state index in [-0.39, 0.29) is 4.90 Å². The Balaban J connectivity index is 1.77. The van der Waals surface area contributed by atoms with Crippen LogP contribution < -0.4 is 4.72 Å². The van der Waals surface area contributed by atoms with Gasteiger partial charge in [-0.3, -0.25) is 0 Å². The third-order valence-corrected chi connectivity index (χ3v) is 7.63. The lowest BCUT2D eigenvalue weighted by molar-refractivity contribution is -0.147. The maximum atomic E-state index is 12.8. The second-order valence-corrected chi connectivity index (χ2v) is 10.2. The predicted octanol–water partition coefficient (Wildman–Crippen LogP) is 4.91. The fourth-order valence-electron chi connectivity index (χ4n) is 4.01. The summed E-state index contributed by atoms with van der Waals surface area (Å²) in [5.74, 6) is 0.474. The Morgan fingerprint density at radius 3 is 2.48 bits per heavy atom. The van der Waals surface area contributed by atoms with Crippen LogP contribution in [-0.2, 0) is 16.6 Å². The predicted molar refractivity (Wildman–Crippen MR) is 118 cm³/mol. The molecule has 1 aromatic carbocycles. The van der Waals surface area contributed by atoms with Crippen LogP contribution in [0.2, 0.25) is 0 Å². The van der Waals surface area contributed by atoms with Gasteiger partial charge in [0, 0.05) is 18.1 Å². The Hall–Kier alpha value is -2.90. The van der Waals surface area contributed by atoms with E-state index in [9.17, 15) is 26.9 Å². The highest BCUT2D eigenvalue weighted by molar-refractivity contribution is 7.89. The number of sulfonamides is 1. The number of halogens is 3. The number of rotatable bonds is 6. The Bertz CT molecular complexity index is 1340. The monoisotopic (exact) mass is 476 g/mol. The summed E-state index contributed by atoms with van der Waals surface area (Å²) < 4.78 is 66.9. The van der Waals surface area contributed by atoms with Gasteiger partial charge in [0.1, 0.15) is 17.8 Å². The summed E-state index contributed by atoms with van der Waals surface area (Å²) in [6.45, 7) is 3.33. The molecule has 0 radical (unpaired) electrons. The SMILES string of the molecule is Cc1cnc2c(c1)c(C#N)c(-c1ccc(S(=O)(=O)NC(C)C(F)(F)F)cc1)n2CC1CCC1. The standard InChI is InChI=1S/C23H23F3N4O2S/c1-14-10-19-20(11-27)21(30(22(19)28-12-14)13-16-4-3-5-16)17-6-8-18(9-7-17)33(31,32)29-15(2)23(24,25)26/h6-10,12,15-16,29H,3-5,13H2,1-2H3. The van der Waals surface area contributed by atoms with Crippen molar-refractivity contribution in [2.45, 2.75) is 56.8 Å². The Labute approximate surface area is 190 Å². The zero-order valence-corrected chi connectivity index (χ0v) is 19.0. The van der Waals surface area contributed by atoms with Gasteiger partial charge >= 0.3 is 6.18 Å². The molecule has 6 nitrogen and oxygen atoms in total. The number of hydrogen-bond acceptors (Lipinski definition) is 4. The minimum absolute atomic E-state index is 0.281. The van der Waals surface area contributed by atoms with E-state index in [0.717, 1.165) is 37.1 Å². The molecule has 1 aliphatic carbocycles. The molecule has 1 fully saturated rings. The third kappa shape index (κ3) is 4.48. The van der Waals surface area contributed by atoms with Crippen LogP contribution in [0.5, 0.6) is 0 Å². The number of nitrogens with zero attached hydrogens (tertiary/aromatic N) is 3. The lowest BCUT2D eigenvalue weighted by Gasteiger charge is -2.27. The second-order valence-electron chi connectivity index (χ2n) is 8.54. The van der Waals surface area contributed by atoms with Gasteiger partial charge in [-0.1, -0.05) is 18.6 Å². The van der Waals surface area contributed by atoms with Crippen LogP contribution in [0.3, 0.4) is 0 Å². The van der Waals surface area contributed by atoms with Gasteiger partial charge in [0.15, 0.2) is 0 Å². The first-order valence-corrected chi connectivity index (χ1v) is 12.1. The molecule has 1 N–H and O–H groups in total. The Kier molecular flexibility index (Phi) is 5.97. The molecule has 0 saturated heterocycles. The van der Waals surface area contributed by atoms with Crippen molar-refractivity contribution < 1.29 is 21.6 Å². The summed E-state index contributed by atoms with van der Waals surface area (Å²) in [5.41, 5.74) is 3.29. The molecule has 1 atom stereocenters. The molecule has 1 aliphatic rings. The first-order chi connectivity index (χ1) is 15.5. The number of benzene rings is 1. The van der Waals surface area contributed by atoms with Crippen molar-refractivity contribution in [2.75, 3.05) is 0 Å². The first-order valence-electron chi connectivity index (χ1n) is 10.6. The smallest absolute Gasteiger partial charge is 0.324 e. The van der Waals surface area contributed by atoms with E-state index in [1.807, 2.05) is 17.6 Å². The van der Waals surface area contributed by atoms with Crippen LogP contribution >= 0.6 is 0 Å². The molecular weight excluding hydrogens is 453 g/mol. The van der Waals surface area contributed by atoms with E-state index in [0.29, 0.717) is 34.9 Å². The molecule has 3 aromatic rings. The molecule has 1 unspecified atom stereocenters. The number of aromatic nitrogens is 2. The third-order valence-electron chi connectivity index (χ3n) is 6.07. The van der Waals surface area contributed by atoms with Gasteiger partial charge in [-0.2, -0.15) is 23.2 Å². The molecule has 1 saturated carbocycles. The minimum atomic E-state index is -4.69. The number of nitriles is 1. The fourth-order valence-corrected chi connectivity index (χ4v) is 5.24. The van der Waals surface area contributed by atoms with Crippen molar-refractivity contribution in [3.63, 3.8) is 0 Å². The minimum Gasteiger partial charge on any atom is -0.324 e. The van der Waals surface area contributed by atoms with Crippen LogP contribution in [0.1, 0.15) is 37.3 Å². The normalized spacial score (nSPS) is 15.9. The van der Waals surface area contributed by atoms with Gasteiger partial charge in [-0.05, 0) is 61.9 Å². The van der Waals surface area contributed by atoms with Crippen molar-refractivity contribution in [2.24, 2.45) is 5.92 Å². The highest BCUT2D eigenvalue weighted by Crippen LogP contribution is 2.37. The van der Waals surface area contributed by atoms with Gasteiger partial charge < -0.3 is 4.57 Å². The second kappa shape index (κ2) is 8.47. The fraction of sp³-hybridized carbons (Fsp3) is 0.391. The van der Waals surface area contributed by atoms with E-state index in [2.05, 4.69) is 11.1 Å². The van der Waals surface area contributed by atoms with Crippen LogP contribution in [0.15, 0.2) is 41.4 Å². The number of pyridine rings is 1. The molecule has 10 heteroatoms. The number of hydrogen-bond donors (Lipinski definition) is 1. The highest BCUT2D eigenvalue weighted by atomic mass is 32.2. The van der Waals surface area contributed by atoms with E-state index in [1.54, 1.807) is 10.9 Å². The van der Waals surface area contributed by atoms with Crippen molar-refractivity contribution in [3.8, 4) is 17.3 Å². The summed E-state index contributed by atoms with van der Waals surface area (Å²) in [5, 5.41) is 10.7. The highest BCUT2D eigenvalue weighted by Gasteiger charge is 2.39. The van der Waals surface area contributed by atoms with Crippen molar-refractivity contribution in [3.05, 3.63) is 47.7 Å². The average Bonchev–Trinajstić information content (AvgIpc) is 3.02. The lowest BCUT2D eigenvalue weighted by atomic mass is 9.85. The van der Waals surface area contributed by atoms with E-state index >= 15 is 0 Å². The lowest BCUT2D eigenvalue weighted by Crippen LogP contribution is -2.42. The van der Waals surface area contributed by atoms with E-state index < -0.39 is 22.2 Å². The van der Waals surface area contributed by atoms with Crippen LogP contribution in [0.4, 0.5) is 13.2 Å². The zero-order valence-electron chi connectivity index (χ0n) is 18.1. The molecule has 2 aromatic heterocycles. The summed E-state index contributed by atoms with van der Waals surface area (Å²) in [7, 11) is -4.37. The van der Waals surface area contributed by atoms with Gasteiger partial charge in [-0.25, -0.2) is 13.4 Å². The number of alkyl halides is 3. The Morgan fingerprint density at radius 1 is 1.27 bits per heavy atom. The van der Waals surface area contributed by atoms with E-state index in [4.69, 9.17) is 0 Å². The first kappa shape index (κ1) is 23.3. The molecule has 2 heterocycles. The van der Waals surface area contributed by atoms with Gasteiger partial charge in [-0.15, -0.1) is 0 Å². The molecule has 33 heavy (non-hydrogen) atoms. The van der Waals surface area contributed by atoms with Gasteiger partial charge in [0.05, 0.1) is 16.2 Å². The van der Waals surface area contributed by atoms with Crippen LogP contribution in [0.25, 0.3) is 22.3 Å². The van der Waals surface area contributed by atoms with Crippen molar-refractivity contribution in [1.82, 2.24) is 14.3 Å². The quantitative estimate of drug-likeness (QED) is 0.548. The summed E-state index contributed by atoms with van der Waals surface area (Å²) in [6.07, 6.45) is 0.392. The Morgan fingerprint density at radius 2 is 1.94 bits per heavy atom. The summed E-state index contributed by atoms with van der Waals surface area (Å²) in [6, 6.07) is 7.51. The van der Waals surface area contributed by atoms with Crippen molar-refractivity contribution in [1.29, 1.82) is 5.26 Å². The van der Waals surface area contributed by atoms with Gasteiger partial charge in [0.2, 0.25) is 10.0 Å². The van der Waals surface area contributed by atoms with Crippen molar-refractivity contribution >= 4 is 21.1 Å². The molecule has 174 valence electrons. The number of fused-ring (bicyclic) bond motifs is 1.